The molecule has 0 fully saturated rings. The first-order valence-corrected chi connectivity index (χ1v) is 17.3. The van der Waals surface area contributed by atoms with E-state index in [9.17, 15) is 0 Å². The van der Waals surface area contributed by atoms with Crippen LogP contribution in [0.25, 0.3) is 10.1 Å². The Morgan fingerprint density at radius 1 is 0.833 bits per heavy atom. The molecule has 42 heavy (non-hydrogen) atoms. The Labute approximate surface area is 251 Å². The van der Waals surface area contributed by atoms with E-state index < -0.39 is 7.14 Å². The highest BCUT2D eigenvalue weighted by Gasteiger charge is 2.54. The van der Waals surface area contributed by atoms with Crippen molar-refractivity contribution >= 4 is 61.2 Å². The summed E-state index contributed by atoms with van der Waals surface area (Å²) in [5.74, 6) is 0. The minimum absolute atomic E-state index is 0.0311. The first kappa shape index (κ1) is 25.8. The summed E-state index contributed by atoms with van der Waals surface area (Å²) in [5, 5.41) is 5.29. The monoisotopic (exact) mass is 584 g/mol. The van der Waals surface area contributed by atoms with Crippen molar-refractivity contribution in [2.24, 2.45) is 0 Å². The third kappa shape index (κ3) is 3.55. The van der Waals surface area contributed by atoms with Crippen molar-refractivity contribution in [2.75, 3.05) is 9.80 Å². The molecule has 2 unspecified atom stereocenters. The number of hydrogen-bond donors (Lipinski definition) is 0. The number of anilines is 4. The third-order valence-electron chi connectivity index (χ3n) is 9.12. The molecule has 0 radical (unpaired) electrons. The lowest BCUT2D eigenvalue weighted by atomic mass is 9.93. The van der Waals surface area contributed by atoms with Crippen LogP contribution in [0.3, 0.4) is 0 Å². The zero-order chi connectivity index (χ0) is 28.7. The topological polar surface area (TPSA) is 23.6 Å². The third-order valence-corrected chi connectivity index (χ3v) is 13.8. The highest BCUT2D eigenvalue weighted by Crippen LogP contribution is 2.69. The van der Waals surface area contributed by atoms with E-state index in [0.717, 1.165) is 61.9 Å². The van der Waals surface area contributed by atoms with Gasteiger partial charge in [0.1, 0.15) is 5.00 Å². The molecule has 5 heteroatoms. The van der Waals surface area contributed by atoms with Gasteiger partial charge in [0.2, 0.25) is 0 Å². The quantitative estimate of drug-likeness (QED) is 0.197. The van der Waals surface area contributed by atoms with Crippen LogP contribution < -0.4 is 20.4 Å². The van der Waals surface area contributed by atoms with Crippen LogP contribution >= 0.6 is 18.5 Å². The van der Waals surface area contributed by atoms with E-state index in [4.69, 9.17) is 0 Å². The van der Waals surface area contributed by atoms with Crippen molar-refractivity contribution < 1.29 is 4.57 Å². The summed E-state index contributed by atoms with van der Waals surface area (Å²) < 4.78 is 17.6. The van der Waals surface area contributed by atoms with Crippen LogP contribution in [0.1, 0.15) is 36.5 Å². The lowest BCUT2D eigenvalue weighted by Gasteiger charge is -2.50. The van der Waals surface area contributed by atoms with Gasteiger partial charge in [-0.2, -0.15) is 0 Å². The first-order valence-electron chi connectivity index (χ1n) is 14.8. The van der Waals surface area contributed by atoms with E-state index in [1.54, 1.807) is 11.3 Å². The normalized spacial score (nSPS) is 20.8. The molecule has 5 aromatic rings. The van der Waals surface area contributed by atoms with Crippen molar-refractivity contribution in [3.05, 3.63) is 130 Å². The van der Waals surface area contributed by atoms with Gasteiger partial charge in [0.15, 0.2) is 7.14 Å². The van der Waals surface area contributed by atoms with Gasteiger partial charge in [-0.15, -0.1) is 11.3 Å². The number of allylic oxidation sites excluding steroid dienone is 1. The lowest BCUT2D eigenvalue weighted by Crippen LogP contribution is -2.47. The molecule has 8 rings (SSSR count). The summed E-state index contributed by atoms with van der Waals surface area (Å²) in [6.07, 6.45) is 4.18. The number of nitrogens with zero attached hydrogens (tertiary/aromatic N) is 2. The molecule has 3 aliphatic rings. The van der Waals surface area contributed by atoms with Gasteiger partial charge >= 0.3 is 0 Å². The molecule has 0 N–H and O–H groups in total. The number of aryl methyl sites for hydroxylation is 3. The largest absolute Gasteiger partial charge is 0.324 e. The molecule has 2 aliphatic heterocycles. The average Bonchev–Trinajstić information content (AvgIpc) is 3.39. The van der Waals surface area contributed by atoms with E-state index in [2.05, 4.69) is 135 Å². The van der Waals surface area contributed by atoms with Gasteiger partial charge in [-0.25, -0.2) is 0 Å². The molecule has 2 atom stereocenters. The number of benzene rings is 4. The van der Waals surface area contributed by atoms with E-state index >= 15 is 4.57 Å². The summed E-state index contributed by atoms with van der Waals surface area (Å²) >= 11 is 1.79. The summed E-state index contributed by atoms with van der Waals surface area (Å²) in [6.45, 7) is 8.65. The van der Waals surface area contributed by atoms with Gasteiger partial charge < -0.3 is 14.4 Å². The number of thiophene rings is 1. The minimum Gasteiger partial charge on any atom is -0.324 e. The standard InChI is InChI=1S/C37H33N2OPS/c1-5-26-21-31-36-32(22-26)39(28-17-12-24(3)13-18-28)37-35(29-8-6-7-9-34(29)42-37)41(36,40)33-19-14-25(4)20-30(33)38(31)27-15-10-23(2)11-16-27/h6-21,32H,5,22H2,1-4H3. The molecule has 0 saturated carbocycles. The molecule has 1 aromatic heterocycles. The van der Waals surface area contributed by atoms with E-state index in [-0.39, 0.29) is 6.04 Å². The molecule has 208 valence electrons. The number of rotatable bonds is 3. The summed E-state index contributed by atoms with van der Waals surface area (Å²) in [6, 6.07) is 32.7. The molecular weight excluding hydrogens is 551 g/mol. The Balaban J connectivity index is 1.54. The summed E-state index contributed by atoms with van der Waals surface area (Å²) in [4.78, 5) is 4.90. The lowest BCUT2D eigenvalue weighted by molar-refractivity contribution is 0.583. The van der Waals surface area contributed by atoms with Crippen molar-refractivity contribution in [2.45, 2.75) is 46.6 Å². The van der Waals surface area contributed by atoms with Gasteiger partial charge in [0.05, 0.1) is 22.7 Å². The molecule has 1 aliphatic carbocycles. The van der Waals surface area contributed by atoms with Crippen molar-refractivity contribution in [3.8, 4) is 0 Å². The van der Waals surface area contributed by atoms with Crippen LogP contribution in [0.4, 0.5) is 22.1 Å². The Morgan fingerprint density at radius 3 is 2.21 bits per heavy atom. The zero-order valence-corrected chi connectivity index (χ0v) is 26.1. The number of fused-ring (bicyclic) bond motifs is 6. The smallest absolute Gasteiger partial charge is 0.176 e. The van der Waals surface area contributed by atoms with E-state index in [1.165, 1.54) is 27.0 Å². The maximum Gasteiger partial charge on any atom is 0.176 e. The van der Waals surface area contributed by atoms with Gasteiger partial charge in [0.25, 0.3) is 0 Å². The highest BCUT2D eigenvalue weighted by molar-refractivity contribution is 7.84. The van der Waals surface area contributed by atoms with Crippen LogP contribution in [0, 0.1) is 20.8 Å². The Hall–Kier alpha value is -3.85. The SMILES string of the molecule is CCC1=CC2=C3C(C1)N(c1ccc(C)cc1)c1sc4ccccc4c1P3(=O)c1ccc(C)cc1N2c1ccc(C)cc1. The zero-order valence-electron chi connectivity index (χ0n) is 24.4. The second kappa shape index (κ2) is 9.33. The fourth-order valence-corrected chi connectivity index (χ4v) is 12.3. The Bertz CT molecular complexity index is 2020. The van der Waals surface area contributed by atoms with Crippen LogP contribution in [-0.4, -0.2) is 6.04 Å². The predicted octanol–water partition coefficient (Wildman–Crippen LogP) is 9.76. The molecule has 3 nitrogen and oxygen atoms in total. The fraction of sp³-hybridized carbons (Fsp3) is 0.189. The molecule has 0 saturated heterocycles. The van der Waals surface area contributed by atoms with Crippen LogP contribution in [0.5, 0.6) is 0 Å². The van der Waals surface area contributed by atoms with Crippen LogP contribution in [-0.2, 0) is 4.57 Å². The predicted molar refractivity (Wildman–Crippen MR) is 180 cm³/mol. The molecular formula is C37H33N2OPS. The van der Waals surface area contributed by atoms with Crippen LogP contribution in [0.15, 0.2) is 114 Å². The van der Waals surface area contributed by atoms with E-state index in [1.807, 2.05) is 0 Å². The minimum atomic E-state index is -3.20. The van der Waals surface area contributed by atoms with Crippen molar-refractivity contribution in [1.82, 2.24) is 0 Å². The Kier molecular flexibility index (Phi) is 5.74. The van der Waals surface area contributed by atoms with Gasteiger partial charge in [-0.05, 0) is 87.7 Å². The molecule has 3 heterocycles. The maximum atomic E-state index is 16.4. The second-order valence-corrected chi connectivity index (χ2v) is 15.5. The molecule has 0 bridgehead atoms. The molecule has 0 spiro atoms. The second-order valence-electron chi connectivity index (χ2n) is 11.9. The maximum absolute atomic E-state index is 16.4. The number of hydrogen-bond acceptors (Lipinski definition) is 4. The van der Waals surface area contributed by atoms with Gasteiger partial charge in [-0.1, -0.05) is 72.2 Å². The summed E-state index contributed by atoms with van der Waals surface area (Å²) in [7, 11) is -3.20. The van der Waals surface area contributed by atoms with Gasteiger partial charge in [-0.3, -0.25) is 0 Å². The summed E-state index contributed by atoms with van der Waals surface area (Å²) in [5.41, 5.74) is 9.42. The fourth-order valence-electron chi connectivity index (χ4n) is 7.03. The first-order chi connectivity index (χ1) is 20.4. The van der Waals surface area contributed by atoms with Gasteiger partial charge in [0, 0.05) is 32.1 Å². The van der Waals surface area contributed by atoms with Crippen molar-refractivity contribution in [1.29, 1.82) is 0 Å². The molecule has 4 aromatic carbocycles. The molecule has 0 amide bonds. The van der Waals surface area contributed by atoms with Crippen LogP contribution in [0.2, 0.25) is 0 Å². The van der Waals surface area contributed by atoms with E-state index in [0.29, 0.717) is 0 Å². The van der Waals surface area contributed by atoms with Crippen molar-refractivity contribution in [3.63, 3.8) is 0 Å². The highest BCUT2D eigenvalue weighted by atomic mass is 32.1. The average molecular weight is 585 g/mol. The Morgan fingerprint density at radius 2 is 1.50 bits per heavy atom.